The smallest absolute Gasteiger partial charge is 0.337 e. The number of aromatic nitrogens is 1. The fourth-order valence-electron chi connectivity index (χ4n) is 4.48. The zero-order valence-corrected chi connectivity index (χ0v) is 18.2. The molecule has 1 aliphatic carbocycles. The molecule has 0 saturated carbocycles. The molecule has 5 nitrogen and oxygen atoms in total. The zero-order chi connectivity index (χ0) is 22.0. The van der Waals surface area contributed by atoms with Crippen LogP contribution in [0.25, 0.3) is 0 Å². The van der Waals surface area contributed by atoms with Gasteiger partial charge in [0.25, 0.3) is 0 Å². The van der Waals surface area contributed by atoms with Gasteiger partial charge < -0.3 is 10.1 Å². The topological polar surface area (TPSA) is 68.3 Å². The molecule has 0 spiro atoms. The normalized spacial score (nSPS) is 22.0. The largest absolute Gasteiger partial charge is 0.459 e. The number of allylic oxidation sites excluding steroid dienone is 3. The van der Waals surface area contributed by atoms with Crippen LogP contribution in [0.2, 0.25) is 0 Å². The standard InChI is InChI=1S/C26H28N2O3/c1-4-16(2)31-26(30)23-17(3)28-21-13-20(18-9-6-5-7-10-18)14-22(29)25(21)24(23)19-11-8-12-27-15-19/h5-12,15-16,20,24,28H,4,13-14H2,1-3H3/t16-,20+,24-/m0/s1. The van der Waals surface area contributed by atoms with Crippen molar-refractivity contribution < 1.29 is 14.3 Å². The average Bonchev–Trinajstić information content (AvgIpc) is 2.79. The molecule has 1 aromatic heterocycles. The van der Waals surface area contributed by atoms with Crippen LogP contribution in [-0.2, 0) is 14.3 Å². The lowest BCUT2D eigenvalue weighted by atomic mass is 9.72. The lowest BCUT2D eigenvalue weighted by molar-refractivity contribution is -0.144. The molecular formula is C26H28N2O3. The Labute approximate surface area is 183 Å². The fraction of sp³-hybridized carbons (Fsp3) is 0.346. The molecule has 0 amide bonds. The molecule has 0 unspecified atom stereocenters. The number of esters is 1. The second-order valence-electron chi connectivity index (χ2n) is 8.34. The number of ketones is 1. The summed E-state index contributed by atoms with van der Waals surface area (Å²) < 4.78 is 5.68. The van der Waals surface area contributed by atoms with E-state index >= 15 is 0 Å². The van der Waals surface area contributed by atoms with Crippen LogP contribution in [0, 0.1) is 0 Å². The SMILES string of the molecule is CC[C@H](C)OC(=O)C1=C(C)NC2=C(C(=O)C[C@H](c3ccccc3)C2)[C@H]1c1cccnc1. The van der Waals surface area contributed by atoms with E-state index in [9.17, 15) is 9.59 Å². The Bertz CT molecular complexity index is 1040. The van der Waals surface area contributed by atoms with E-state index in [0.29, 0.717) is 17.6 Å². The number of carbonyl (C=O) groups is 2. The van der Waals surface area contributed by atoms with Crippen molar-refractivity contribution in [1.29, 1.82) is 0 Å². The van der Waals surface area contributed by atoms with E-state index in [0.717, 1.165) is 35.4 Å². The van der Waals surface area contributed by atoms with Crippen LogP contribution >= 0.6 is 0 Å². The third-order valence-corrected chi connectivity index (χ3v) is 6.22. The van der Waals surface area contributed by atoms with Gasteiger partial charge in [-0.05, 0) is 49.8 Å². The van der Waals surface area contributed by atoms with Crippen LogP contribution in [0.15, 0.2) is 77.4 Å². The summed E-state index contributed by atoms with van der Waals surface area (Å²) >= 11 is 0. The van der Waals surface area contributed by atoms with Crippen molar-refractivity contribution in [3.05, 3.63) is 88.5 Å². The Hall–Kier alpha value is -3.21. The van der Waals surface area contributed by atoms with Crippen LogP contribution in [-0.4, -0.2) is 22.8 Å². The molecule has 0 saturated heterocycles. The number of benzene rings is 1. The van der Waals surface area contributed by atoms with Gasteiger partial charge >= 0.3 is 5.97 Å². The minimum Gasteiger partial charge on any atom is -0.459 e. The molecule has 1 N–H and O–H groups in total. The highest BCUT2D eigenvalue weighted by molar-refractivity contribution is 6.04. The van der Waals surface area contributed by atoms with E-state index in [1.807, 2.05) is 51.1 Å². The summed E-state index contributed by atoms with van der Waals surface area (Å²) in [4.78, 5) is 30.9. The first-order chi connectivity index (χ1) is 15.0. The first kappa shape index (κ1) is 21.0. The van der Waals surface area contributed by atoms with Crippen LogP contribution < -0.4 is 5.32 Å². The third kappa shape index (κ3) is 4.18. The number of ether oxygens (including phenoxy) is 1. The quantitative estimate of drug-likeness (QED) is 0.710. The Morgan fingerprint density at radius 2 is 1.90 bits per heavy atom. The van der Waals surface area contributed by atoms with Crippen LogP contribution in [0.4, 0.5) is 0 Å². The van der Waals surface area contributed by atoms with E-state index in [-0.39, 0.29) is 23.8 Å². The molecule has 1 aliphatic heterocycles. The summed E-state index contributed by atoms with van der Waals surface area (Å²) in [6.45, 7) is 5.74. The summed E-state index contributed by atoms with van der Waals surface area (Å²) in [6.07, 6.45) is 5.13. The molecule has 4 rings (SSSR count). The van der Waals surface area contributed by atoms with Gasteiger partial charge in [-0.15, -0.1) is 0 Å². The zero-order valence-electron chi connectivity index (χ0n) is 18.2. The highest BCUT2D eigenvalue weighted by atomic mass is 16.5. The predicted octanol–water partition coefficient (Wildman–Crippen LogP) is 4.78. The van der Waals surface area contributed by atoms with Crippen molar-refractivity contribution in [2.45, 2.75) is 58.0 Å². The molecular weight excluding hydrogens is 388 g/mol. The number of Topliss-reactive ketones (excluding diaryl/α,β-unsaturated/α-hetero) is 1. The first-order valence-corrected chi connectivity index (χ1v) is 10.9. The van der Waals surface area contributed by atoms with E-state index in [1.165, 1.54) is 0 Å². The predicted molar refractivity (Wildman–Crippen MR) is 119 cm³/mol. The molecule has 5 heteroatoms. The van der Waals surface area contributed by atoms with Crippen molar-refractivity contribution in [1.82, 2.24) is 10.3 Å². The molecule has 160 valence electrons. The summed E-state index contributed by atoms with van der Waals surface area (Å²) in [7, 11) is 0. The minimum atomic E-state index is -0.467. The molecule has 0 radical (unpaired) electrons. The molecule has 3 atom stereocenters. The summed E-state index contributed by atoms with van der Waals surface area (Å²) in [5.41, 5.74) is 4.80. The number of nitrogens with one attached hydrogen (secondary N) is 1. The van der Waals surface area contributed by atoms with Gasteiger partial charge in [0, 0.05) is 41.7 Å². The number of pyridine rings is 1. The number of rotatable bonds is 5. The van der Waals surface area contributed by atoms with Gasteiger partial charge in [0.05, 0.1) is 11.7 Å². The van der Waals surface area contributed by atoms with E-state index in [1.54, 1.807) is 12.4 Å². The summed E-state index contributed by atoms with van der Waals surface area (Å²) in [5, 5.41) is 3.39. The van der Waals surface area contributed by atoms with Crippen LogP contribution in [0.1, 0.15) is 63.0 Å². The van der Waals surface area contributed by atoms with Gasteiger partial charge in [-0.1, -0.05) is 43.3 Å². The number of hydrogen-bond donors (Lipinski definition) is 1. The van der Waals surface area contributed by atoms with Crippen LogP contribution in [0.3, 0.4) is 0 Å². The maximum Gasteiger partial charge on any atom is 0.337 e. The molecule has 31 heavy (non-hydrogen) atoms. The third-order valence-electron chi connectivity index (χ3n) is 6.22. The van der Waals surface area contributed by atoms with Gasteiger partial charge in [-0.2, -0.15) is 0 Å². The highest BCUT2D eigenvalue weighted by Gasteiger charge is 2.41. The minimum absolute atomic E-state index is 0.0674. The Balaban J connectivity index is 1.76. The molecule has 2 aromatic rings. The van der Waals surface area contributed by atoms with E-state index in [4.69, 9.17) is 4.74 Å². The Morgan fingerprint density at radius 3 is 2.58 bits per heavy atom. The van der Waals surface area contributed by atoms with E-state index in [2.05, 4.69) is 22.4 Å². The monoisotopic (exact) mass is 416 g/mol. The first-order valence-electron chi connectivity index (χ1n) is 10.9. The number of carbonyl (C=O) groups excluding carboxylic acids is 2. The van der Waals surface area contributed by atoms with Gasteiger partial charge in [0.2, 0.25) is 0 Å². The second-order valence-corrected chi connectivity index (χ2v) is 8.34. The molecule has 0 fully saturated rings. The summed E-state index contributed by atoms with van der Waals surface area (Å²) in [5.74, 6) is -0.655. The van der Waals surface area contributed by atoms with Gasteiger partial charge in [-0.3, -0.25) is 9.78 Å². The van der Waals surface area contributed by atoms with Crippen molar-refractivity contribution in [2.24, 2.45) is 0 Å². The van der Waals surface area contributed by atoms with Crippen molar-refractivity contribution in [3.63, 3.8) is 0 Å². The van der Waals surface area contributed by atoms with Crippen molar-refractivity contribution in [3.8, 4) is 0 Å². The molecule has 1 aromatic carbocycles. The maximum atomic E-state index is 13.5. The van der Waals surface area contributed by atoms with Gasteiger partial charge in [-0.25, -0.2) is 4.79 Å². The lowest BCUT2D eigenvalue weighted by Gasteiger charge is -2.36. The fourth-order valence-corrected chi connectivity index (χ4v) is 4.48. The van der Waals surface area contributed by atoms with E-state index < -0.39 is 5.92 Å². The average molecular weight is 417 g/mol. The van der Waals surface area contributed by atoms with Crippen molar-refractivity contribution >= 4 is 11.8 Å². The number of hydrogen-bond acceptors (Lipinski definition) is 5. The molecule has 2 heterocycles. The summed E-state index contributed by atoms with van der Waals surface area (Å²) in [6, 6.07) is 13.9. The Morgan fingerprint density at radius 1 is 1.16 bits per heavy atom. The lowest BCUT2D eigenvalue weighted by Crippen LogP contribution is -2.36. The second kappa shape index (κ2) is 8.88. The number of nitrogens with zero attached hydrogens (tertiary/aromatic N) is 1. The molecule has 0 bridgehead atoms. The molecule has 2 aliphatic rings. The van der Waals surface area contributed by atoms with Crippen LogP contribution in [0.5, 0.6) is 0 Å². The van der Waals surface area contributed by atoms with Gasteiger partial charge in [0.1, 0.15) is 0 Å². The maximum absolute atomic E-state index is 13.5. The Kier molecular flexibility index (Phi) is 6.03. The van der Waals surface area contributed by atoms with Crippen molar-refractivity contribution in [2.75, 3.05) is 0 Å². The highest BCUT2D eigenvalue weighted by Crippen LogP contribution is 2.45. The van der Waals surface area contributed by atoms with Gasteiger partial charge in [0.15, 0.2) is 5.78 Å². The number of dihydropyridines is 1.